The topological polar surface area (TPSA) is 68.1 Å². The van der Waals surface area contributed by atoms with Gasteiger partial charge in [0.1, 0.15) is 4.21 Å². The first kappa shape index (κ1) is 13.4. The van der Waals surface area contributed by atoms with Crippen molar-refractivity contribution in [1.82, 2.24) is 19.3 Å². The Labute approximate surface area is 127 Å². The molecule has 2 unspecified atom stereocenters. The van der Waals surface area contributed by atoms with E-state index < -0.39 is 10.0 Å². The highest BCUT2D eigenvalue weighted by atomic mass is 32.2. The largest absolute Gasteiger partial charge is 0.253 e. The zero-order valence-corrected chi connectivity index (χ0v) is 13.0. The third-order valence-corrected chi connectivity index (χ3v) is 7.81. The molecule has 0 aromatic carbocycles. The van der Waals surface area contributed by atoms with E-state index in [2.05, 4.69) is 10.2 Å². The van der Waals surface area contributed by atoms with Gasteiger partial charge in [0.2, 0.25) is 0 Å². The minimum absolute atomic E-state index is 0.0758. The van der Waals surface area contributed by atoms with Gasteiger partial charge in [-0.3, -0.25) is 0 Å². The molecular formula is C13H16N4O2S2. The van der Waals surface area contributed by atoms with E-state index in [1.165, 1.54) is 11.3 Å². The SMILES string of the molecule is O=S(=O)(c1cccs1)N1C2CCC1CC(n1nccn1)C2. The minimum atomic E-state index is -3.35. The fraction of sp³-hybridized carbons (Fsp3) is 0.538. The molecule has 0 spiro atoms. The summed E-state index contributed by atoms with van der Waals surface area (Å²) in [6.07, 6.45) is 6.83. The molecule has 0 N–H and O–H groups in total. The molecule has 4 heterocycles. The fourth-order valence-corrected chi connectivity index (χ4v) is 6.60. The Morgan fingerprint density at radius 3 is 2.33 bits per heavy atom. The lowest BCUT2D eigenvalue weighted by Crippen LogP contribution is -2.46. The quantitative estimate of drug-likeness (QED) is 0.865. The number of aromatic nitrogens is 3. The highest BCUT2D eigenvalue weighted by molar-refractivity contribution is 7.91. The second-order valence-corrected chi connectivity index (χ2v) is 8.64. The Morgan fingerprint density at radius 1 is 1.10 bits per heavy atom. The number of rotatable bonds is 3. The van der Waals surface area contributed by atoms with Crippen LogP contribution in [0.1, 0.15) is 31.7 Å². The van der Waals surface area contributed by atoms with E-state index in [0.717, 1.165) is 25.7 Å². The molecule has 2 saturated heterocycles. The molecule has 0 radical (unpaired) electrons. The summed E-state index contributed by atoms with van der Waals surface area (Å²) in [5.41, 5.74) is 0. The molecule has 2 aromatic heterocycles. The van der Waals surface area contributed by atoms with Gasteiger partial charge in [-0.2, -0.15) is 19.3 Å². The lowest BCUT2D eigenvalue weighted by Gasteiger charge is -2.37. The molecule has 8 heteroatoms. The van der Waals surface area contributed by atoms with Crippen LogP contribution in [0.5, 0.6) is 0 Å². The van der Waals surface area contributed by atoms with Crippen LogP contribution in [0.3, 0.4) is 0 Å². The predicted molar refractivity (Wildman–Crippen MR) is 78.4 cm³/mol. The number of fused-ring (bicyclic) bond motifs is 2. The highest BCUT2D eigenvalue weighted by Gasteiger charge is 2.48. The first-order chi connectivity index (χ1) is 10.2. The van der Waals surface area contributed by atoms with Gasteiger partial charge in [0.05, 0.1) is 18.4 Å². The molecule has 0 amide bonds. The Bertz CT molecular complexity index is 697. The van der Waals surface area contributed by atoms with E-state index >= 15 is 0 Å². The van der Waals surface area contributed by atoms with Crippen LogP contribution in [0.2, 0.25) is 0 Å². The maximum absolute atomic E-state index is 12.8. The third-order valence-electron chi connectivity index (χ3n) is 4.43. The highest BCUT2D eigenvalue weighted by Crippen LogP contribution is 2.43. The molecule has 2 fully saturated rings. The van der Waals surface area contributed by atoms with Gasteiger partial charge in [-0.1, -0.05) is 6.07 Å². The standard InChI is InChI=1S/C13H16N4O2S2/c18-21(19,13-2-1-7-20-13)16-10-3-4-11(16)9-12(8-10)17-14-5-6-15-17/h1-2,5-7,10-12H,3-4,8-9H2. The van der Waals surface area contributed by atoms with E-state index in [-0.39, 0.29) is 18.1 Å². The van der Waals surface area contributed by atoms with Gasteiger partial charge < -0.3 is 0 Å². The lowest BCUT2D eigenvalue weighted by atomic mass is 10.0. The second kappa shape index (κ2) is 4.89. The molecule has 6 nitrogen and oxygen atoms in total. The summed E-state index contributed by atoms with van der Waals surface area (Å²) >= 11 is 1.29. The van der Waals surface area contributed by atoms with E-state index in [4.69, 9.17) is 0 Å². The van der Waals surface area contributed by atoms with Crippen LogP contribution in [-0.2, 0) is 10.0 Å². The summed E-state index contributed by atoms with van der Waals surface area (Å²) in [5, 5.41) is 10.2. The van der Waals surface area contributed by atoms with Crippen LogP contribution in [0.4, 0.5) is 0 Å². The number of hydrogen-bond donors (Lipinski definition) is 0. The number of thiophene rings is 1. The first-order valence-electron chi connectivity index (χ1n) is 7.09. The van der Waals surface area contributed by atoms with E-state index in [0.29, 0.717) is 4.21 Å². The molecule has 2 bridgehead atoms. The van der Waals surface area contributed by atoms with Gasteiger partial charge in [0.15, 0.2) is 0 Å². The molecule has 0 saturated carbocycles. The van der Waals surface area contributed by atoms with Gasteiger partial charge in [0.25, 0.3) is 10.0 Å². The van der Waals surface area contributed by atoms with Crippen molar-refractivity contribution in [3.63, 3.8) is 0 Å². The van der Waals surface area contributed by atoms with Crippen LogP contribution in [-0.4, -0.2) is 39.8 Å². The van der Waals surface area contributed by atoms with Crippen molar-refractivity contribution in [2.75, 3.05) is 0 Å². The van der Waals surface area contributed by atoms with Crippen molar-refractivity contribution < 1.29 is 8.42 Å². The van der Waals surface area contributed by atoms with Gasteiger partial charge >= 0.3 is 0 Å². The van der Waals surface area contributed by atoms with Crippen LogP contribution in [0.25, 0.3) is 0 Å². The second-order valence-electron chi connectivity index (χ2n) is 5.63. The maximum Gasteiger partial charge on any atom is 0.253 e. The molecule has 2 aliphatic rings. The Morgan fingerprint density at radius 2 is 1.76 bits per heavy atom. The summed E-state index contributed by atoms with van der Waals surface area (Å²) in [7, 11) is -3.35. The van der Waals surface area contributed by atoms with Crippen LogP contribution < -0.4 is 0 Å². The molecule has 2 aliphatic heterocycles. The van der Waals surface area contributed by atoms with E-state index in [9.17, 15) is 8.42 Å². The minimum Gasteiger partial charge on any atom is -0.206 e. The van der Waals surface area contributed by atoms with Gasteiger partial charge in [0, 0.05) is 12.1 Å². The molecule has 0 aliphatic carbocycles. The zero-order chi connectivity index (χ0) is 14.4. The number of piperidine rings is 1. The molecule has 2 aromatic rings. The van der Waals surface area contributed by atoms with Crippen LogP contribution >= 0.6 is 11.3 Å². The fourth-order valence-electron chi connectivity index (χ4n) is 3.62. The monoisotopic (exact) mass is 324 g/mol. The number of sulfonamides is 1. The summed E-state index contributed by atoms with van der Waals surface area (Å²) in [4.78, 5) is 1.74. The summed E-state index contributed by atoms with van der Waals surface area (Å²) in [6.45, 7) is 0. The first-order valence-corrected chi connectivity index (χ1v) is 9.41. The molecule has 4 rings (SSSR count). The Kier molecular flexibility index (Phi) is 3.13. The van der Waals surface area contributed by atoms with Gasteiger partial charge in [-0.05, 0) is 37.1 Å². The van der Waals surface area contributed by atoms with Gasteiger partial charge in [-0.15, -0.1) is 11.3 Å². The maximum atomic E-state index is 12.8. The van der Waals surface area contributed by atoms with Crippen molar-refractivity contribution >= 4 is 21.4 Å². The zero-order valence-electron chi connectivity index (χ0n) is 11.4. The lowest BCUT2D eigenvalue weighted by molar-refractivity contribution is 0.175. The molecule has 2 atom stereocenters. The number of hydrogen-bond acceptors (Lipinski definition) is 5. The van der Waals surface area contributed by atoms with Crippen LogP contribution in [0.15, 0.2) is 34.1 Å². The average molecular weight is 324 g/mol. The average Bonchev–Trinajstić information content (AvgIpc) is 3.18. The van der Waals surface area contributed by atoms with E-state index in [1.807, 2.05) is 5.38 Å². The van der Waals surface area contributed by atoms with Crippen molar-refractivity contribution in [3.05, 3.63) is 29.9 Å². The van der Waals surface area contributed by atoms with Crippen molar-refractivity contribution in [3.8, 4) is 0 Å². The Balaban J connectivity index is 1.63. The van der Waals surface area contributed by atoms with Crippen LogP contribution in [0, 0.1) is 0 Å². The normalized spacial score (nSPS) is 29.8. The van der Waals surface area contributed by atoms with Crippen molar-refractivity contribution in [2.24, 2.45) is 0 Å². The Hall–Kier alpha value is -1.25. The van der Waals surface area contributed by atoms with Crippen molar-refractivity contribution in [2.45, 2.75) is 48.0 Å². The summed E-state index contributed by atoms with van der Waals surface area (Å²) in [6, 6.07) is 3.85. The third kappa shape index (κ3) is 2.13. The molecular weight excluding hydrogens is 308 g/mol. The smallest absolute Gasteiger partial charge is 0.206 e. The predicted octanol–water partition coefficient (Wildman–Crippen LogP) is 1.90. The summed E-state index contributed by atoms with van der Waals surface area (Å²) < 4.78 is 27.8. The molecule has 112 valence electrons. The molecule has 21 heavy (non-hydrogen) atoms. The summed E-state index contributed by atoms with van der Waals surface area (Å²) in [5.74, 6) is 0. The van der Waals surface area contributed by atoms with Crippen molar-refractivity contribution in [1.29, 1.82) is 0 Å². The number of nitrogens with zero attached hydrogens (tertiary/aromatic N) is 4. The van der Waals surface area contributed by atoms with Gasteiger partial charge in [-0.25, -0.2) is 8.42 Å². The van der Waals surface area contributed by atoms with E-state index in [1.54, 1.807) is 33.6 Å².